The molecule has 1 aromatic carbocycles. The predicted molar refractivity (Wildman–Crippen MR) is 112 cm³/mol. The van der Waals surface area contributed by atoms with Crippen molar-refractivity contribution in [1.82, 2.24) is 25.3 Å². The van der Waals surface area contributed by atoms with Gasteiger partial charge in [-0.25, -0.2) is 19.7 Å². The van der Waals surface area contributed by atoms with Gasteiger partial charge < -0.3 is 24.7 Å². The first-order valence-corrected chi connectivity index (χ1v) is 9.92. The number of anilines is 1. The van der Waals surface area contributed by atoms with Gasteiger partial charge in [0.05, 0.1) is 18.4 Å². The average molecular weight is 420 g/mol. The Labute approximate surface area is 176 Å². The van der Waals surface area contributed by atoms with Crippen LogP contribution in [0.5, 0.6) is 0 Å². The third-order valence-electron chi connectivity index (χ3n) is 5.43. The van der Waals surface area contributed by atoms with Crippen molar-refractivity contribution < 1.29 is 19.1 Å². The molecule has 1 saturated heterocycles. The molecular formula is C21H20N6O4. The number of amides is 1. The van der Waals surface area contributed by atoms with Crippen LogP contribution in [0.2, 0.25) is 0 Å². The minimum Gasteiger partial charge on any atom is -0.480 e. The van der Waals surface area contributed by atoms with Crippen LogP contribution in [-0.2, 0) is 16.0 Å². The van der Waals surface area contributed by atoms with E-state index in [2.05, 4.69) is 25.3 Å². The second kappa shape index (κ2) is 7.38. The Morgan fingerprint density at radius 3 is 2.94 bits per heavy atom. The van der Waals surface area contributed by atoms with E-state index in [1.165, 1.54) is 6.33 Å². The summed E-state index contributed by atoms with van der Waals surface area (Å²) >= 11 is 0. The number of carbonyl (C=O) groups is 2. The van der Waals surface area contributed by atoms with Crippen molar-refractivity contribution in [3.63, 3.8) is 0 Å². The highest BCUT2D eigenvalue weighted by atomic mass is 16.4. The van der Waals surface area contributed by atoms with Gasteiger partial charge in [-0.15, -0.1) is 0 Å². The van der Waals surface area contributed by atoms with Gasteiger partial charge >= 0.3 is 5.97 Å². The zero-order valence-electron chi connectivity index (χ0n) is 16.7. The van der Waals surface area contributed by atoms with Gasteiger partial charge in [0, 0.05) is 30.6 Å². The molecule has 3 aromatic heterocycles. The minimum absolute atomic E-state index is 0.123. The van der Waals surface area contributed by atoms with Gasteiger partial charge in [-0.05, 0) is 19.1 Å². The monoisotopic (exact) mass is 420 g/mol. The third kappa shape index (κ3) is 3.45. The van der Waals surface area contributed by atoms with E-state index >= 15 is 0 Å². The highest BCUT2D eigenvalue weighted by Gasteiger charge is 2.40. The number of para-hydroxylation sites is 1. The van der Waals surface area contributed by atoms with Gasteiger partial charge in [0.1, 0.15) is 23.0 Å². The quantitative estimate of drug-likeness (QED) is 0.444. The molecule has 1 aliphatic rings. The molecule has 2 atom stereocenters. The fourth-order valence-corrected chi connectivity index (χ4v) is 4.12. The maximum absolute atomic E-state index is 12.4. The minimum atomic E-state index is -0.982. The molecule has 31 heavy (non-hydrogen) atoms. The maximum atomic E-state index is 12.4. The summed E-state index contributed by atoms with van der Waals surface area (Å²) < 4.78 is 6.01. The lowest BCUT2D eigenvalue weighted by Gasteiger charge is -2.22. The number of imidazole rings is 1. The molecule has 0 unspecified atom stereocenters. The van der Waals surface area contributed by atoms with E-state index < -0.39 is 12.0 Å². The molecule has 10 heteroatoms. The average Bonchev–Trinajstić information content (AvgIpc) is 3.46. The number of aromatic amines is 1. The van der Waals surface area contributed by atoms with Crippen LogP contribution >= 0.6 is 0 Å². The Morgan fingerprint density at radius 2 is 2.16 bits per heavy atom. The number of rotatable bonds is 5. The molecule has 158 valence electrons. The summed E-state index contributed by atoms with van der Waals surface area (Å²) in [6.07, 6.45) is 3.55. The zero-order chi connectivity index (χ0) is 21.5. The van der Waals surface area contributed by atoms with E-state index in [1.807, 2.05) is 24.3 Å². The van der Waals surface area contributed by atoms with E-state index in [-0.39, 0.29) is 24.8 Å². The Bertz CT molecular complexity index is 1280. The molecule has 1 aliphatic heterocycles. The van der Waals surface area contributed by atoms with E-state index in [4.69, 9.17) is 4.42 Å². The van der Waals surface area contributed by atoms with E-state index in [0.29, 0.717) is 40.6 Å². The zero-order valence-corrected chi connectivity index (χ0v) is 16.7. The summed E-state index contributed by atoms with van der Waals surface area (Å²) in [5.41, 5.74) is 2.38. The SMILES string of the molecule is Cc1nc(N2C[C@@H](NC(=O)Cc3c[nH]cn3)C[C@H]2C(=O)O)c2oc3ccccc3c2n1. The lowest BCUT2D eigenvalue weighted by molar-refractivity contribution is -0.138. The predicted octanol–water partition coefficient (Wildman–Crippen LogP) is 1.80. The number of H-pyrrole nitrogens is 1. The largest absolute Gasteiger partial charge is 0.480 e. The molecule has 0 spiro atoms. The Morgan fingerprint density at radius 1 is 1.32 bits per heavy atom. The number of carboxylic acid groups (broad SMARTS) is 1. The van der Waals surface area contributed by atoms with Gasteiger partial charge in [0.25, 0.3) is 0 Å². The number of aliphatic carboxylic acids is 1. The first-order chi connectivity index (χ1) is 15.0. The third-order valence-corrected chi connectivity index (χ3v) is 5.43. The van der Waals surface area contributed by atoms with Crippen LogP contribution in [0.4, 0.5) is 5.82 Å². The standard InChI is InChI=1S/C21H20N6O4/c1-11-24-18-14-4-2-3-5-16(14)31-19(18)20(25-11)27-9-13(6-15(27)21(29)30)26-17(28)7-12-8-22-10-23-12/h2-5,8,10,13,15H,6-7,9H2,1H3,(H,22,23)(H,26,28)(H,29,30)/t13-,15-/m0/s1. The number of nitrogens with one attached hydrogen (secondary N) is 2. The van der Waals surface area contributed by atoms with Crippen LogP contribution < -0.4 is 10.2 Å². The van der Waals surface area contributed by atoms with Gasteiger partial charge in [-0.2, -0.15) is 0 Å². The lowest BCUT2D eigenvalue weighted by atomic mass is 10.1. The molecule has 3 N–H and O–H groups in total. The van der Waals surface area contributed by atoms with Gasteiger partial charge in [-0.1, -0.05) is 12.1 Å². The number of nitrogens with zero attached hydrogens (tertiary/aromatic N) is 4. The number of fused-ring (bicyclic) bond motifs is 3. The Hall–Kier alpha value is -3.95. The number of carbonyl (C=O) groups excluding carboxylic acids is 1. The van der Waals surface area contributed by atoms with Gasteiger partial charge in [0.2, 0.25) is 5.91 Å². The maximum Gasteiger partial charge on any atom is 0.326 e. The second-order valence-corrected chi connectivity index (χ2v) is 7.61. The van der Waals surface area contributed by atoms with E-state index in [9.17, 15) is 14.7 Å². The molecule has 1 fully saturated rings. The fraction of sp³-hybridized carbons (Fsp3) is 0.286. The molecule has 5 rings (SSSR count). The van der Waals surface area contributed by atoms with Crippen LogP contribution in [-0.4, -0.2) is 55.5 Å². The Kier molecular flexibility index (Phi) is 4.54. The van der Waals surface area contributed by atoms with E-state index in [1.54, 1.807) is 18.0 Å². The van der Waals surface area contributed by atoms with Crippen molar-refractivity contribution >= 4 is 39.8 Å². The highest BCUT2D eigenvalue weighted by Crippen LogP contribution is 2.35. The summed E-state index contributed by atoms with van der Waals surface area (Å²) in [6.45, 7) is 2.06. The lowest BCUT2D eigenvalue weighted by Crippen LogP contribution is -2.39. The van der Waals surface area contributed by atoms with Crippen molar-refractivity contribution in [2.75, 3.05) is 11.4 Å². The number of hydrogen-bond acceptors (Lipinski definition) is 7. The van der Waals surface area contributed by atoms with Crippen LogP contribution in [0.25, 0.3) is 22.1 Å². The smallest absolute Gasteiger partial charge is 0.326 e. The molecule has 0 radical (unpaired) electrons. The highest BCUT2D eigenvalue weighted by molar-refractivity contribution is 6.06. The van der Waals surface area contributed by atoms with Gasteiger partial charge in [-0.3, -0.25) is 4.79 Å². The molecular weight excluding hydrogens is 400 g/mol. The van der Waals surface area contributed by atoms with E-state index in [0.717, 1.165) is 5.39 Å². The summed E-state index contributed by atoms with van der Waals surface area (Å²) in [5.74, 6) is -0.250. The first kappa shape index (κ1) is 19.0. The topological polar surface area (TPSA) is 137 Å². The summed E-state index contributed by atoms with van der Waals surface area (Å²) in [5, 5.41) is 13.6. The van der Waals surface area contributed by atoms with Gasteiger partial charge in [0.15, 0.2) is 11.4 Å². The van der Waals surface area contributed by atoms with Crippen LogP contribution in [0, 0.1) is 6.92 Å². The van der Waals surface area contributed by atoms with Crippen molar-refractivity contribution in [2.24, 2.45) is 0 Å². The number of aromatic nitrogens is 4. The number of hydrogen-bond donors (Lipinski definition) is 3. The number of aryl methyl sites for hydroxylation is 1. The molecule has 0 aliphatic carbocycles. The van der Waals surface area contributed by atoms with Crippen molar-refractivity contribution in [3.05, 3.63) is 48.3 Å². The molecule has 1 amide bonds. The van der Waals surface area contributed by atoms with Crippen LogP contribution in [0.3, 0.4) is 0 Å². The van der Waals surface area contributed by atoms with Crippen molar-refractivity contribution in [3.8, 4) is 0 Å². The first-order valence-electron chi connectivity index (χ1n) is 9.92. The molecule has 4 aromatic rings. The number of furan rings is 1. The molecule has 0 bridgehead atoms. The van der Waals surface area contributed by atoms with Crippen LogP contribution in [0.1, 0.15) is 17.9 Å². The molecule has 4 heterocycles. The number of benzene rings is 1. The Balaban J connectivity index is 1.47. The second-order valence-electron chi connectivity index (χ2n) is 7.61. The molecule has 0 saturated carbocycles. The molecule has 10 nitrogen and oxygen atoms in total. The normalized spacial score (nSPS) is 18.7. The van der Waals surface area contributed by atoms with Crippen LogP contribution in [0.15, 0.2) is 41.2 Å². The van der Waals surface area contributed by atoms with Crippen molar-refractivity contribution in [1.29, 1.82) is 0 Å². The summed E-state index contributed by atoms with van der Waals surface area (Å²) in [7, 11) is 0. The fourth-order valence-electron chi connectivity index (χ4n) is 4.12. The van der Waals surface area contributed by atoms with Crippen molar-refractivity contribution in [2.45, 2.75) is 31.8 Å². The summed E-state index contributed by atoms with van der Waals surface area (Å²) in [6, 6.07) is 6.32. The number of carboxylic acids is 1. The summed E-state index contributed by atoms with van der Waals surface area (Å²) in [4.78, 5) is 42.0.